The van der Waals surface area contributed by atoms with Gasteiger partial charge in [0.05, 0.1) is 0 Å². The monoisotopic (exact) mass is 239 g/mol. The molecule has 0 saturated heterocycles. The van der Waals surface area contributed by atoms with Crippen molar-refractivity contribution in [3.05, 3.63) is 35.1 Å². The summed E-state index contributed by atoms with van der Waals surface area (Å²) in [6.07, 6.45) is 0.878. The van der Waals surface area contributed by atoms with Crippen molar-refractivity contribution >= 4 is 0 Å². The average molecular weight is 239 g/mol. The topological polar surface area (TPSA) is 32.3 Å². The highest BCUT2D eigenvalue weighted by Crippen LogP contribution is 2.12. The Bertz CT molecular complexity index is 363. The molecule has 0 unspecified atom stereocenters. The van der Waals surface area contributed by atoms with E-state index in [-0.39, 0.29) is 17.8 Å². The van der Waals surface area contributed by atoms with Gasteiger partial charge in [-0.3, -0.25) is 0 Å². The number of aliphatic hydroxyl groups is 1. The smallest absolute Gasteiger partial charge is 0.126 e. The van der Waals surface area contributed by atoms with Crippen LogP contribution in [0.4, 0.5) is 4.39 Å². The summed E-state index contributed by atoms with van der Waals surface area (Å²) in [4.78, 5) is 0. The summed E-state index contributed by atoms with van der Waals surface area (Å²) in [7, 11) is 0. The number of hydrogen-bond donors (Lipinski definition) is 2. The predicted octanol–water partition coefficient (Wildman–Crippen LogP) is 2.28. The molecule has 0 heterocycles. The Kier molecular flexibility index (Phi) is 5.09. The van der Waals surface area contributed by atoms with Crippen molar-refractivity contribution in [1.82, 2.24) is 5.32 Å². The molecule has 0 bridgehead atoms. The third-order valence-corrected chi connectivity index (χ3v) is 2.84. The fourth-order valence-corrected chi connectivity index (χ4v) is 1.58. The molecule has 2 nitrogen and oxygen atoms in total. The molecular formula is C14H22FNO. The molecule has 1 rings (SSSR count). The van der Waals surface area contributed by atoms with Crippen LogP contribution in [0.3, 0.4) is 0 Å². The summed E-state index contributed by atoms with van der Waals surface area (Å²) in [5, 5.41) is 12.4. The molecule has 0 aliphatic rings. The molecule has 1 aromatic carbocycles. The first kappa shape index (κ1) is 14.1. The van der Waals surface area contributed by atoms with E-state index in [4.69, 9.17) is 5.11 Å². The van der Waals surface area contributed by atoms with Gasteiger partial charge in [-0.2, -0.15) is 0 Å². The van der Waals surface area contributed by atoms with Gasteiger partial charge in [0, 0.05) is 18.6 Å². The lowest BCUT2D eigenvalue weighted by molar-refractivity contribution is 0.157. The van der Waals surface area contributed by atoms with Crippen LogP contribution in [0.25, 0.3) is 0 Å². The van der Waals surface area contributed by atoms with Crippen LogP contribution in [0.15, 0.2) is 18.2 Å². The maximum Gasteiger partial charge on any atom is 0.126 e. The van der Waals surface area contributed by atoms with Crippen LogP contribution in [0, 0.1) is 18.2 Å². The second-order valence-electron chi connectivity index (χ2n) is 5.33. The van der Waals surface area contributed by atoms with Crippen LogP contribution in [0.1, 0.15) is 25.0 Å². The summed E-state index contributed by atoms with van der Waals surface area (Å²) in [5.41, 5.74) is 1.75. The molecular weight excluding hydrogens is 217 g/mol. The zero-order chi connectivity index (χ0) is 12.9. The van der Waals surface area contributed by atoms with Crippen molar-refractivity contribution < 1.29 is 9.50 Å². The van der Waals surface area contributed by atoms with E-state index in [1.165, 1.54) is 6.07 Å². The first-order valence-corrected chi connectivity index (χ1v) is 6.01. The molecule has 0 saturated carbocycles. The molecule has 0 aliphatic carbocycles. The fraction of sp³-hybridized carbons (Fsp3) is 0.571. The zero-order valence-corrected chi connectivity index (χ0v) is 10.9. The van der Waals surface area contributed by atoms with Crippen molar-refractivity contribution in [2.45, 2.75) is 27.2 Å². The highest BCUT2D eigenvalue weighted by molar-refractivity contribution is 5.24. The number of aliphatic hydroxyl groups excluding tert-OH is 1. The first-order chi connectivity index (χ1) is 7.94. The molecule has 0 radical (unpaired) electrons. The van der Waals surface area contributed by atoms with Gasteiger partial charge in [-0.25, -0.2) is 4.39 Å². The van der Waals surface area contributed by atoms with Crippen LogP contribution >= 0.6 is 0 Å². The van der Waals surface area contributed by atoms with Crippen molar-refractivity contribution in [2.24, 2.45) is 5.41 Å². The number of halogens is 1. The van der Waals surface area contributed by atoms with Gasteiger partial charge in [0.15, 0.2) is 0 Å². The molecule has 0 amide bonds. The Morgan fingerprint density at radius 1 is 1.35 bits per heavy atom. The second kappa shape index (κ2) is 6.12. The SMILES string of the molecule is Cc1cc(CCNCC(C)(C)CO)ccc1F. The van der Waals surface area contributed by atoms with E-state index in [2.05, 4.69) is 5.32 Å². The lowest BCUT2D eigenvalue weighted by atomic mass is 9.95. The molecule has 0 atom stereocenters. The van der Waals surface area contributed by atoms with Gasteiger partial charge in [-0.15, -0.1) is 0 Å². The van der Waals surface area contributed by atoms with Gasteiger partial charge in [0.25, 0.3) is 0 Å². The zero-order valence-electron chi connectivity index (χ0n) is 10.9. The summed E-state index contributed by atoms with van der Waals surface area (Å²) in [6, 6.07) is 5.22. The lowest BCUT2D eigenvalue weighted by Crippen LogP contribution is -2.33. The summed E-state index contributed by atoms with van der Waals surface area (Å²) in [5.74, 6) is -0.150. The maximum absolute atomic E-state index is 13.0. The normalized spacial score (nSPS) is 11.8. The van der Waals surface area contributed by atoms with Crippen LogP contribution in [-0.2, 0) is 6.42 Å². The van der Waals surface area contributed by atoms with E-state index in [0.29, 0.717) is 5.56 Å². The summed E-state index contributed by atoms with van der Waals surface area (Å²) in [6.45, 7) is 7.61. The van der Waals surface area contributed by atoms with Gasteiger partial charge < -0.3 is 10.4 Å². The van der Waals surface area contributed by atoms with Crippen LogP contribution in [0.2, 0.25) is 0 Å². The standard InChI is InChI=1S/C14H22FNO/c1-11-8-12(4-5-13(11)15)6-7-16-9-14(2,3)10-17/h4-5,8,16-17H,6-7,9-10H2,1-3H3. The minimum Gasteiger partial charge on any atom is -0.396 e. The van der Waals surface area contributed by atoms with E-state index in [0.717, 1.165) is 25.1 Å². The fourth-order valence-electron chi connectivity index (χ4n) is 1.58. The van der Waals surface area contributed by atoms with Gasteiger partial charge in [-0.1, -0.05) is 26.0 Å². The lowest BCUT2D eigenvalue weighted by Gasteiger charge is -2.21. The third-order valence-electron chi connectivity index (χ3n) is 2.84. The van der Waals surface area contributed by atoms with Crippen LogP contribution < -0.4 is 5.32 Å². The van der Waals surface area contributed by atoms with Crippen molar-refractivity contribution in [2.75, 3.05) is 19.7 Å². The number of hydrogen-bond acceptors (Lipinski definition) is 2. The van der Waals surface area contributed by atoms with Gasteiger partial charge in [-0.05, 0) is 37.1 Å². The summed E-state index contributed by atoms with van der Waals surface area (Å²) < 4.78 is 13.0. The number of rotatable bonds is 6. The second-order valence-corrected chi connectivity index (χ2v) is 5.33. The van der Waals surface area contributed by atoms with Crippen molar-refractivity contribution in [3.8, 4) is 0 Å². The molecule has 0 aromatic heterocycles. The summed E-state index contributed by atoms with van der Waals surface area (Å²) >= 11 is 0. The van der Waals surface area contributed by atoms with Crippen LogP contribution in [-0.4, -0.2) is 24.8 Å². The van der Waals surface area contributed by atoms with Crippen LogP contribution in [0.5, 0.6) is 0 Å². The molecule has 0 fully saturated rings. The average Bonchev–Trinajstić information content (AvgIpc) is 2.29. The van der Waals surface area contributed by atoms with E-state index in [9.17, 15) is 4.39 Å². The Hall–Kier alpha value is -0.930. The molecule has 96 valence electrons. The van der Waals surface area contributed by atoms with E-state index in [1.54, 1.807) is 6.92 Å². The predicted molar refractivity (Wildman–Crippen MR) is 68.6 cm³/mol. The Morgan fingerprint density at radius 3 is 2.65 bits per heavy atom. The molecule has 17 heavy (non-hydrogen) atoms. The minimum absolute atomic E-state index is 0.0846. The quantitative estimate of drug-likeness (QED) is 0.746. The van der Waals surface area contributed by atoms with Gasteiger partial charge in [0.2, 0.25) is 0 Å². The Labute approximate surface area is 103 Å². The Balaban J connectivity index is 2.34. The molecule has 1 aromatic rings. The van der Waals surface area contributed by atoms with Gasteiger partial charge in [0.1, 0.15) is 5.82 Å². The number of benzene rings is 1. The highest BCUT2D eigenvalue weighted by atomic mass is 19.1. The van der Waals surface area contributed by atoms with E-state index in [1.807, 2.05) is 26.0 Å². The molecule has 0 spiro atoms. The first-order valence-electron chi connectivity index (χ1n) is 6.01. The highest BCUT2D eigenvalue weighted by Gasteiger charge is 2.15. The molecule has 2 N–H and O–H groups in total. The molecule has 0 aliphatic heterocycles. The number of nitrogens with one attached hydrogen (secondary N) is 1. The van der Waals surface area contributed by atoms with Gasteiger partial charge >= 0.3 is 0 Å². The molecule has 3 heteroatoms. The minimum atomic E-state index is -0.150. The number of aryl methyl sites for hydroxylation is 1. The maximum atomic E-state index is 13.0. The third kappa shape index (κ3) is 4.84. The van der Waals surface area contributed by atoms with Crippen molar-refractivity contribution in [1.29, 1.82) is 0 Å². The Morgan fingerprint density at radius 2 is 2.06 bits per heavy atom. The van der Waals surface area contributed by atoms with Crippen molar-refractivity contribution in [3.63, 3.8) is 0 Å². The largest absolute Gasteiger partial charge is 0.396 e. The van der Waals surface area contributed by atoms with E-state index < -0.39 is 0 Å². The van der Waals surface area contributed by atoms with E-state index >= 15 is 0 Å².